The average molecular weight is 227 g/mol. The topological polar surface area (TPSA) is 38.3 Å². The molecule has 1 aliphatic rings. The van der Waals surface area contributed by atoms with E-state index < -0.39 is 0 Å². The molecule has 2 unspecified atom stereocenters. The SMILES string of the molecule is COC(=O)C(NCC(C)C(C)(C)C)C1CC1. The van der Waals surface area contributed by atoms with Crippen LogP contribution in [0.3, 0.4) is 0 Å². The van der Waals surface area contributed by atoms with Gasteiger partial charge in [0, 0.05) is 0 Å². The highest BCUT2D eigenvalue weighted by Gasteiger charge is 2.37. The van der Waals surface area contributed by atoms with Crippen molar-refractivity contribution in [2.24, 2.45) is 17.3 Å². The van der Waals surface area contributed by atoms with Crippen LogP contribution in [0.25, 0.3) is 0 Å². The predicted octanol–water partition coefficient (Wildman–Crippen LogP) is 2.21. The van der Waals surface area contributed by atoms with Crippen molar-refractivity contribution in [2.75, 3.05) is 13.7 Å². The highest BCUT2D eigenvalue weighted by atomic mass is 16.5. The van der Waals surface area contributed by atoms with Gasteiger partial charge in [-0.15, -0.1) is 0 Å². The van der Waals surface area contributed by atoms with Crippen molar-refractivity contribution in [1.29, 1.82) is 0 Å². The molecule has 0 bridgehead atoms. The molecule has 0 aliphatic heterocycles. The van der Waals surface area contributed by atoms with Crippen LogP contribution in [-0.2, 0) is 9.53 Å². The fourth-order valence-electron chi connectivity index (χ4n) is 1.61. The molecular weight excluding hydrogens is 202 g/mol. The third-order valence-electron chi connectivity index (χ3n) is 3.67. The standard InChI is InChI=1S/C13H25NO2/c1-9(13(2,3)4)8-14-11(10-6-7-10)12(15)16-5/h9-11,14H,6-8H2,1-5H3. The smallest absolute Gasteiger partial charge is 0.323 e. The first kappa shape index (κ1) is 13.5. The van der Waals surface area contributed by atoms with E-state index in [-0.39, 0.29) is 17.4 Å². The van der Waals surface area contributed by atoms with Gasteiger partial charge in [0.1, 0.15) is 6.04 Å². The second kappa shape index (κ2) is 5.17. The van der Waals surface area contributed by atoms with Crippen LogP contribution in [0.2, 0.25) is 0 Å². The minimum Gasteiger partial charge on any atom is -0.468 e. The number of esters is 1. The average Bonchev–Trinajstić information content (AvgIpc) is 2.99. The maximum atomic E-state index is 11.6. The molecule has 3 nitrogen and oxygen atoms in total. The molecule has 1 saturated carbocycles. The predicted molar refractivity (Wildman–Crippen MR) is 65.1 cm³/mol. The van der Waals surface area contributed by atoms with E-state index in [0.29, 0.717) is 11.8 Å². The minimum absolute atomic E-state index is 0.0881. The first-order valence-electron chi connectivity index (χ1n) is 6.17. The minimum atomic E-state index is -0.108. The molecular formula is C13H25NO2. The molecule has 3 heteroatoms. The summed E-state index contributed by atoms with van der Waals surface area (Å²) in [5.74, 6) is 0.932. The van der Waals surface area contributed by atoms with Gasteiger partial charge in [0.25, 0.3) is 0 Å². The van der Waals surface area contributed by atoms with Gasteiger partial charge in [-0.2, -0.15) is 0 Å². The van der Waals surface area contributed by atoms with Crippen LogP contribution in [0.5, 0.6) is 0 Å². The Morgan fingerprint density at radius 1 is 1.44 bits per heavy atom. The van der Waals surface area contributed by atoms with E-state index in [1.807, 2.05) is 0 Å². The summed E-state index contributed by atoms with van der Waals surface area (Å²) in [6.07, 6.45) is 2.30. The Kier molecular flexibility index (Phi) is 4.36. The van der Waals surface area contributed by atoms with E-state index in [9.17, 15) is 4.79 Å². The lowest BCUT2D eigenvalue weighted by molar-refractivity contribution is -0.143. The Morgan fingerprint density at radius 3 is 2.38 bits per heavy atom. The van der Waals surface area contributed by atoms with Crippen LogP contribution in [0.15, 0.2) is 0 Å². The van der Waals surface area contributed by atoms with Gasteiger partial charge in [-0.25, -0.2) is 0 Å². The first-order chi connectivity index (χ1) is 7.36. The van der Waals surface area contributed by atoms with Crippen molar-refractivity contribution in [3.8, 4) is 0 Å². The molecule has 0 aromatic rings. The van der Waals surface area contributed by atoms with Gasteiger partial charge in [-0.1, -0.05) is 27.7 Å². The van der Waals surface area contributed by atoms with Crippen LogP contribution in [0.1, 0.15) is 40.5 Å². The first-order valence-corrected chi connectivity index (χ1v) is 6.17. The summed E-state index contributed by atoms with van der Waals surface area (Å²) in [4.78, 5) is 11.6. The Bertz CT molecular complexity index is 241. The number of rotatable bonds is 5. The molecule has 94 valence electrons. The Morgan fingerprint density at radius 2 is 2.00 bits per heavy atom. The zero-order chi connectivity index (χ0) is 12.3. The van der Waals surface area contributed by atoms with Crippen LogP contribution < -0.4 is 5.32 Å². The fourth-order valence-corrected chi connectivity index (χ4v) is 1.61. The van der Waals surface area contributed by atoms with Crippen molar-refractivity contribution in [3.05, 3.63) is 0 Å². The van der Waals surface area contributed by atoms with Crippen LogP contribution in [-0.4, -0.2) is 25.7 Å². The molecule has 0 heterocycles. The van der Waals surface area contributed by atoms with Gasteiger partial charge < -0.3 is 10.1 Å². The third-order valence-corrected chi connectivity index (χ3v) is 3.67. The Labute approximate surface area is 98.9 Å². The number of nitrogens with one attached hydrogen (secondary N) is 1. The van der Waals surface area contributed by atoms with Gasteiger partial charge in [0.15, 0.2) is 0 Å². The summed E-state index contributed by atoms with van der Waals surface area (Å²) in [5.41, 5.74) is 0.275. The Hall–Kier alpha value is -0.570. The van der Waals surface area contributed by atoms with Gasteiger partial charge in [-0.05, 0) is 36.6 Å². The largest absolute Gasteiger partial charge is 0.468 e. The van der Waals surface area contributed by atoms with Gasteiger partial charge >= 0.3 is 5.97 Å². The normalized spacial score (nSPS) is 20.3. The lowest BCUT2D eigenvalue weighted by atomic mass is 9.82. The summed E-state index contributed by atoms with van der Waals surface area (Å²) in [5, 5.41) is 3.36. The summed E-state index contributed by atoms with van der Waals surface area (Å²) in [6, 6.07) is -0.0881. The van der Waals surface area contributed by atoms with Crippen molar-refractivity contribution >= 4 is 5.97 Å². The highest BCUT2D eigenvalue weighted by molar-refractivity contribution is 5.76. The molecule has 16 heavy (non-hydrogen) atoms. The fraction of sp³-hybridized carbons (Fsp3) is 0.923. The third kappa shape index (κ3) is 3.78. The number of ether oxygens (including phenoxy) is 1. The number of hydrogen-bond acceptors (Lipinski definition) is 3. The van der Waals surface area contributed by atoms with E-state index in [1.54, 1.807) is 0 Å². The molecule has 2 atom stereocenters. The summed E-state index contributed by atoms with van der Waals surface area (Å²) < 4.78 is 4.83. The zero-order valence-corrected chi connectivity index (χ0v) is 11.2. The van der Waals surface area contributed by atoms with Crippen LogP contribution in [0.4, 0.5) is 0 Å². The maximum Gasteiger partial charge on any atom is 0.323 e. The number of methoxy groups -OCH3 is 1. The summed E-state index contributed by atoms with van der Waals surface area (Å²) in [6.45, 7) is 9.77. The van der Waals surface area contributed by atoms with Crippen molar-refractivity contribution in [1.82, 2.24) is 5.32 Å². The molecule has 0 radical (unpaired) electrons. The number of carbonyl (C=O) groups excluding carboxylic acids is 1. The second-order valence-corrected chi connectivity index (χ2v) is 6.01. The van der Waals surface area contributed by atoms with Crippen molar-refractivity contribution in [3.63, 3.8) is 0 Å². The molecule has 1 aliphatic carbocycles. The van der Waals surface area contributed by atoms with Crippen molar-refractivity contribution < 1.29 is 9.53 Å². The maximum absolute atomic E-state index is 11.6. The van der Waals surface area contributed by atoms with Crippen LogP contribution in [0, 0.1) is 17.3 Å². The van der Waals surface area contributed by atoms with E-state index in [1.165, 1.54) is 7.11 Å². The van der Waals surface area contributed by atoms with E-state index in [2.05, 4.69) is 33.0 Å². The molecule has 1 fully saturated rings. The molecule has 0 aromatic carbocycles. The van der Waals surface area contributed by atoms with Crippen molar-refractivity contribution in [2.45, 2.75) is 46.6 Å². The molecule has 0 amide bonds. The Balaban J connectivity index is 2.41. The van der Waals surface area contributed by atoms with E-state index in [0.717, 1.165) is 19.4 Å². The number of carbonyl (C=O) groups is 1. The van der Waals surface area contributed by atoms with E-state index >= 15 is 0 Å². The molecule has 1 rings (SSSR count). The lowest BCUT2D eigenvalue weighted by Crippen LogP contribution is -2.43. The zero-order valence-electron chi connectivity index (χ0n) is 11.2. The summed E-state index contributed by atoms with van der Waals surface area (Å²) >= 11 is 0. The molecule has 0 saturated heterocycles. The highest BCUT2D eigenvalue weighted by Crippen LogP contribution is 2.33. The summed E-state index contributed by atoms with van der Waals surface area (Å²) in [7, 11) is 1.46. The van der Waals surface area contributed by atoms with Gasteiger partial charge in [0.05, 0.1) is 7.11 Å². The van der Waals surface area contributed by atoms with E-state index in [4.69, 9.17) is 4.74 Å². The number of hydrogen-bond donors (Lipinski definition) is 1. The van der Waals surface area contributed by atoms with Gasteiger partial charge in [-0.3, -0.25) is 4.79 Å². The lowest BCUT2D eigenvalue weighted by Gasteiger charge is -2.29. The molecule has 0 aromatic heterocycles. The quantitative estimate of drug-likeness (QED) is 0.732. The molecule has 0 spiro atoms. The second-order valence-electron chi connectivity index (χ2n) is 6.01. The monoisotopic (exact) mass is 227 g/mol. The molecule has 1 N–H and O–H groups in total. The van der Waals surface area contributed by atoms with Crippen LogP contribution >= 0.6 is 0 Å². The van der Waals surface area contributed by atoms with Gasteiger partial charge in [0.2, 0.25) is 0 Å².